The Morgan fingerprint density at radius 2 is 2.00 bits per heavy atom. The van der Waals surface area contributed by atoms with Gasteiger partial charge in [0.15, 0.2) is 0 Å². The molecule has 0 saturated carbocycles. The Kier molecular flexibility index (Phi) is 5.87. The van der Waals surface area contributed by atoms with Crippen LogP contribution in [0.15, 0.2) is 0 Å². The summed E-state index contributed by atoms with van der Waals surface area (Å²) < 4.78 is 24.9. The van der Waals surface area contributed by atoms with E-state index >= 15 is 0 Å². The van der Waals surface area contributed by atoms with Crippen molar-refractivity contribution in [1.82, 2.24) is 4.72 Å². The maximum atomic E-state index is 11.3. The standard InChI is InChI=1S/C7H16ClNO3S/c1-6(3-8)5-13(11,12)9-7(2)4-10/h6-7,9-10H,3-5H2,1-2H3/t6?,7-/m1/s1. The summed E-state index contributed by atoms with van der Waals surface area (Å²) in [6, 6.07) is -0.437. The van der Waals surface area contributed by atoms with Crippen molar-refractivity contribution in [2.24, 2.45) is 5.92 Å². The first-order valence-electron chi connectivity index (χ1n) is 4.08. The normalized spacial score (nSPS) is 16.9. The number of halogens is 1. The average molecular weight is 230 g/mol. The van der Waals surface area contributed by atoms with Gasteiger partial charge >= 0.3 is 0 Å². The predicted molar refractivity (Wildman–Crippen MR) is 53.4 cm³/mol. The number of hydrogen-bond acceptors (Lipinski definition) is 3. The summed E-state index contributed by atoms with van der Waals surface area (Å²) in [6.45, 7) is 3.16. The van der Waals surface area contributed by atoms with E-state index in [2.05, 4.69) is 4.72 Å². The number of nitrogens with one attached hydrogen (secondary N) is 1. The van der Waals surface area contributed by atoms with Crippen molar-refractivity contribution < 1.29 is 13.5 Å². The second-order valence-electron chi connectivity index (χ2n) is 3.24. The molecule has 0 aliphatic carbocycles. The minimum atomic E-state index is -3.30. The van der Waals surface area contributed by atoms with E-state index in [1.807, 2.05) is 0 Å². The highest BCUT2D eigenvalue weighted by molar-refractivity contribution is 7.89. The molecule has 0 bridgehead atoms. The Hall–Kier alpha value is 0.160. The van der Waals surface area contributed by atoms with E-state index in [-0.39, 0.29) is 18.3 Å². The molecule has 0 radical (unpaired) electrons. The van der Waals surface area contributed by atoms with Gasteiger partial charge in [-0.05, 0) is 12.8 Å². The lowest BCUT2D eigenvalue weighted by atomic mass is 10.3. The Bertz CT molecular complexity index is 212. The third-order valence-corrected chi connectivity index (χ3v) is 3.72. The van der Waals surface area contributed by atoms with Crippen molar-refractivity contribution in [2.75, 3.05) is 18.2 Å². The molecule has 0 spiro atoms. The number of rotatable bonds is 6. The molecule has 0 amide bonds. The fourth-order valence-electron chi connectivity index (χ4n) is 0.811. The molecule has 0 aromatic heterocycles. The van der Waals surface area contributed by atoms with Crippen molar-refractivity contribution in [1.29, 1.82) is 0 Å². The molecule has 0 saturated heterocycles. The van der Waals surface area contributed by atoms with Crippen molar-refractivity contribution in [3.8, 4) is 0 Å². The van der Waals surface area contributed by atoms with Gasteiger partial charge in [-0.25, -0.2) is 13.1 Å². The molecule has 0 heterocycles. The largest absolute Gasteiger partial charge is 0.395 e. The lowest BCUT2D eigenvalue weighted by Crippen LogP contribution is -2.38. The van der Waals surface area contributed by atoms with Gasteiger partial charge in [0, 0.05) is 11.9 Å². The summed E-state index contributed by atoms with van der Waals surface area (Å²) in [7, 11) is -3.30. The summed E-state index contributed by atoms with van der Waals surface area (Å²) in [5, 5.41) is 8.64. The van der Waals surface area contributed by atoms with Crippen LogP contribution in [0.4, 0.5) is 0 Å². The molecular formula is C7H16ClNO3S. The minimum absolute atomic E-state index is 0.000833. The molecule has 2 N–H and O–H groups in total. The van der Waals surface area contributed by atoms with Gasteiger partial charge in [-0.2, -0.15) is 0 Å². The monoisotopic (exact) mass is 229 g/mol. The van der Waals surface area contributed by atoms with Gasteiger partial charge in [-0.15, -0.1) is 11.6 Å². The smallest absolute Gasteiger partial charge is 0.212 e. The summed E-state index contributed by atoms with van der Waals surface area (Å²) >= 11 is 5.49. The van der Waals surface area contributed by atoms with Gasteiger partial charge in [0.05, 0.1) is 12.4 Å². The molecule has 0 aromatic carbocycles. The van der Waals surface area contributed by atoms with Crippen LogP contribution in [0.2, 0.25) is 0 Å². The Labute approximate surface area is 84.3 Å². The van der Waals surface area contributed by atoms with Crippen molar-refractivity contribution in [3.63, 3.8) is 0 Å². The lowest BCUT2D eigenvalue weighted by Gasteiger charge is -2.13. The summed E-state index contributed by atoms with van der Waals surface area (Å²) in [6.07, 6.45) is 0. The zero-order valence-corrected chi connectivity index (χ0v) is 9.40. The Morgan fingerprint density at radius 3 is 2.38 bits per heavy atom. The topological polar surface area (TPSA) is 66.4 Å². The zero-order chi connectivity index (χ0) is 10.5. The minimum Gasteiger partial charge on any atom is -0.395 e. The number of hydrogen-bond donors (Lipinski definition) is 2. The molecule has 0 aromatic rings. The lowest BCUT2D eigenvalue weighted by molar-refractivity contribution is 0.265. The first kappa shape index (κ1) is 13.2. The number of aliphatic hydroxyl groups excluding tert-OH is 1. The molecule has 0 rings (SSSR count). The quantitative estimate of drug-likeness (QED) is 0.638. The van der Waals surface area contributed by atoms with Gasteiger partial charge in [0.2, 0.25) is 10.0 Å². The fraction of sp³-hybridized carbons (Fsp3) is 1.00. The molecule has 0 aliphatic rings. The molecule has 6 heteroatoms. The van der Waals surface area contributed by atoms with Crippen molar-refractivity contribution >= 4 is 21.6 Å². The Morgan fingerprint density at radius 1 is 1.46 bits per heavy atom. The van der Waals surface area contributed by atoms with Crippen LogP contribution in [-0.2, 0) is 10.0 Å². The van der Waals surface area contributed by atoms with Crippen LogP contribution in [0.3, 0.4) is 0 Å². The number of aliphatic hydroxyl groups is 1. The predicted octanol–water partition coefficient (Wildman–Crippen LogP) is 0.161. The van der Waals surface area contributed by atoms with E-state index < -0.39 is 16.1 Å². The second-order valence-corrected chi connectivity index (χ2v) is 5.35. The SMILES string of the molecule is CC(CCl)CS(=O)(=O)N[C@H](C)CO. The first-order valence-corrected chi connectivity index (χ1v) is 6.26. The number of sulfonamides is 1. The maximum absolute atomic E-state index is 11.3. The maximum Gasteiger partial charge on any atom is 0.212 e. The zero-order valence-electron chi connectivity index (χ0n) is 7.83. The second kappa shape index (κ2) is 5.80. The van der Waals surface area contributed by atoms with E-state index in [1.54, 1.807) is 13.8 Å². The van der Waals surface area contributed by atoms with Crippen LogP contribution in [-0.4, -0.2) is 37.8 Å². The van der Waals surface area contributed by atoms with Crippen molar-refractivity contribution in [3.05, 3.63) is 0 Å². The van der Waals surface area contributed by atoms with Crippen LogP contribution >= 0.6 is 11.6 Å². The van der Waals surface area contributed by atoms with E-state index in [9.17, 15) is 8.42 Å². The Balaban J connectivity index is 4.09. The van der Waals surface area contributed by atoms with Gasteiger partial charge in [-0.1, -0.05) is 6.92 Å². The van der Waals surface area contributed by atoms with Crippen LogP contribution in [0.25, 0.3) is 0 Å². The van der Waals surface area contributed by atoms with E-state index in [0.29, 0.717) is 5.88 Å². The summed E-state index contributed by atoms with van der Waals surface area (Å²) in [5.41, 5.74) is 0. The average Bonchev–Trinajstić information content (AvgIpc) is 2.02. The molecule has 0 aliphatic heterocycles. The molecular weight excluding hydrogens is 214 g/mol. The molecule has 13 heavy (non-hydrogen) atoms. The summed E-state index contributed by atoms with van der Waals surface area (Å²) in [4.78, 5) is 0. The van der Waals surface area contributed by atoms with Gasteiger partial charge in [0.1, 0.15) is 0 Å². The first-order chi connectivity index (χ1) is 5.91. The van der Waals surface area contributed by atoms with Gasteiger partial charge in [0.25, 0.3) is 0 Å². The van der Waals surface area contributed by atoms with E-state index in [1.165, 1.54) is 0 Å². The highest BCUT2D eigenvalue weighted by Gasteiger charge is 2.16. The van der Waals surface area contributed by atoms with E-state index in [4.69, 9.17) is 16.7 Å². The highest BCUT2D eigenvalue weighted by atomic mass is 35.5. The molecule has 1 unspecified atom stereocenters. The third-order valence-electron chi connectivity index (χ3n) is 1.42. The fourth-order valence-corrected chi connectivity index (χ4v) is 2.70. The molecule has 80 valence electrons. The summed E-state index contributed by atoms with van der Waals surface area (Å²) in [5.74, 6) is 0.236. The van der Waals surface area contributed by atoms with Gasteiger partial charge in [-0.3, -0.25) is 0 Å². The molecule has 0 fully saturated rings. The van der Waals surface area contributed by atoms with Crippen LogP contribution in [0.1, 0.15) is 13.8 Å². The molecule has 2 atom stereocenters. The van der Waals surface area contributed by atoms with Crippen LogP contribution in [0.5, 0.6) is 0 Å². The number of alkyl halides is 1. The van der Waals surface area contributed by atoms with Crippen LogP contribution < -0.4 is 4.72 Å². The van der Waals surface area contributed by atoms with Crippen LogP contribution in [0, 0.1) is 5.92 Å². The molecule has 4 nitrogen and oxygen atoms in total. The highest BCUT2D eigenvalue weighted by Crippen LogP contribution is 2.02. The van der Waals surface area contributed by atoms with Crippen molar-refractivity contribution in [2.45, 2.75) is 19.9 Å². The van der Waals surface area contributed by atoms with E-state index in [0.717, 1.165) is 0 Å². The van der Waals surface area contributed by atoms with Gasteiger partial charge < -0.3 is 5.11 Å². The third kappa shape index (κ3) is 6.26.